The van der Waals surface area contributed by atoms with E-state index in [1.807, 2.05) is 25.2 Å². The second-order valence-electron chi connectivity index (χ2n) is 5.36. The number of ketones is 1. The smallest absolute Gasteiger partial charge is 0.155 e. The first kappa shape index (κ1) is 15.5. The van der Waals surface area contributed by atoms with Crippen LogP contribution in [0.25, 0.3) is 0 Å². The zero-order chi connectivity index (χ0) is 14.7. The number of piperazine rings is 1. The Morgan fingerprint density at radius 1 is 1.40 bits per heavy atom. The van der Waals surface area contributed by atoms with Crippen LogP contribution < -0.4 is 4.74 Å². The lowest BCUT2D eigenvalue weighted by molar-refractivity contribution is -0.125. The summed E-state index contributed by atoms with van der Waals surface area (Å²) in [5.41, 5.74) is 0.938. The molecule has 1 aliphatic rings. The minimum absolute atomic E-state index is 0.0302. The molecule has 0 radical (unpaired) electrons. The maximum absolute atomic E-state index is 12.6. The predicted molar refractivity (Wildman–Crippen MR) is 83.3 cm³/mol. The number of carbonyl (C=O) groups excluding carboxylic acids is 1. The molecule has 0 aliphatic carbocycles. The number of likely N-dealkylation sites (N-methyl/N-ethyl adjacent to an activating group) is 2. The van der Waals surface area contributed by atoms with Gasteiger partial charge < -0.3 is 9.64 Å². The molecule has 1 heterocycles. The number of Topliss-reactive ketones (excluding diaryl/α,β-unsaturated/α-hetero) is 1. The van der Waals surface area contributed by atoms with Gasteiger partial charge in [0.05, 0.1) is 13.2 Å². The Bertz CT molecular complexity index is 493. The molecule has 4 nitrogen and oxygen atoms in total. The predicted octanol–water partition coefficient (Wildman–Crippen LogP) is 1.82. The van der Waals surface area contributed by atoms with E-state index in [9.17, 15) is 4.79 Å². The van der Waals surface area contributed by atoms with Crippen molar-refractivity contribution in [2.45, 2.75) is 12.5 Å². The minimum atomic E-state index is -0.0302. The van der Waals surface area contributed by atoms with Gasteiger partial charge in [-0.1, -0.05) is 15.9 Å². The molecular formula is C15H21BrN2O2. The molecule has 1 aliphatic heterocycles. The van der Waals surface area contributed by atoms with E-state index in [1.54, 1.807) is 7.11 Å². The summed E-state index contributed by atoms with van der Waals surface area (Å²) >= 11 is 3.45. The molecule has 110 valence electrons. The lowest BCUT2D eigenvalue weighted by atomic mass is 10.0. The molecule has 5 heteroatoms. The maximum atomic E-state index is 12.6. The number of halogens is 1. The number of methoxy groups -OCH3 is 1. The molecule has 1 atom stereocenters. The summed E-state index contributed by atoms with van der Waals surface area (Å²) in [4.78, 5) is 16.9. The van der Waals surface area contributed by atoms with Crippen LogP contribution in [0.3, 0.4) is 0 Å². The van der Waals surface area contributed by atoms with E-state index < -0.39 is 0 Å². The number of benzene rings is 1. The van der Waals surface area contributed by atoms with Crippen molar-refractivity contribution in [3.63, 3.8) is 0 Å². The lowest BCUT2D eigenvalue weighted by Crippen LogP contribution is -2.53. The van der Waals surface area contributed by atoms with Gasteiger partial charge in [-0.05, 0) is 32.3 Å². The van der Waals surface area contributed by atoms with E-state index in [0.29, 0.717) is 6.42 Å². The first-order valence-corrected chi connectivity index (χ1v) is 7.54. The highest BCUT2D eigenvalue weighted by Gasteiger charge is 2.28. The zero-order valence-corrected chi connectivity index (χ0v) is 13.8. The molecule has 0 amide bonds. The van der Waals surface area contributed by atoms with E-state index in [-0.39, 0.29) is 11.8 Å². The fourth-order valence-electron chi connectivity index (χ4n) is 2.55. The second kappa shape index (κ2) is 6.70. The Morgan fingerprint density at radius 3 is 2.85 bits per heavy atom. The molecule has 1 fully saturated rings. The Labute approximate surface area is 128 Å². The van der Waals surface area contributed by atoms with Crippen molar-refractivity contribution in [3.05, 3.63) is 28.2 Å². The average Bonchev–Trinajstić information content (AvgIpc) is 2.41. The van der Waals surface area contributed by atoms with Crippen LogP contribution in [-0.2, 0) is 11.2 Å². The Balaban J connectivity index is 2.12. The van der Waals surface area contributed by atoms with Crippen LogP contribution in [0.2, 0.25) is 0 Å². The summed E-state index contributed by atoms with van der Waals surface area (Å²) in [7, 11) is 5.72. The topological polar surface area (TPSA) is 32.8 Å². The van der Waals surface area contributed by atoms with Gasteiger partial charge in [0.2, 0.25) is 0 Å². The van der Waals surface area contributed by atoms with Crippen molar-refractivity contribution in [1.82, 2.24) is 9.80 Å². The summed E-state index contributed by atoms with van der Waals surface area (Å²) in [6.07, 6.45) is 0.408. The zero-order valence-electron chi connectivity index (χ0n) is 12.2. The summed E-state index contributed by atoms with van der Waals surface area (Å²) in [6.45, 7) is 2.74. The van der Waals surface area contributed by atoms with E-state index in [0.717, 1.165) is 35.4 Å². The van der Waals surface area contributed by atoms with Crippen LogP contribution in [0.1, 0.15) is 5.56 Å². The van der Waals surface area contributed by atoms with Crippen molar-refractivity contribution >= 4 is 21.7 Å². The van der Waals surface area contributed by atoms with Gasteiger partial charge in [0, 0.05) is 36.1 Å². The normalized spacial score (nSPS) is 20.9. The van der Waals surface area contributed by atoms with Crippen LogP contribution in [0.4, 0.5) is 0 Å². The van der Waals surface area contributed by atoms with E-state index in [2.05, 4.69) is 32.8 Å². The SMILES string of the molecule is COc1ccc(Br)cc1CC(=O)C1CN(C)CCN1C. The molecule has 1 aromatic carbocycles. The third-order valence-corrected chi connectivity index (χ3v) is 4.32. The highest BCUT2D eigenvalue weighted by molar-refractivity contribution is 9.10. The molecule has 1 unspecified atom stereocenters. The van der Waals surface area contributed by atoms with Crippen molar-refractivity contribution < 1.29 is 9.53 Å². The van der Waals surface area contributed by atoms with E-state index in [4.69, 9.17) is 4.74 Å². The molecule has 0 N–H and O–H groups in total. The number of ether oxygens (including phenoxy) is 1. The Hall–Kier alpha value is -0.910. The minimum Gasteiger partial charge on any atom is -0.496 e. The summed E-state index contributed by atoms with van der Waals surface area (Å²) in [5, 5.41) is 0. The molecule has 2 rings (SSSR count). The highest BCUT2D eigenvalue weighted by Crippen LogP contribution is 2.24. The van der Waals surface area contributed by atoms with E-state index >= 15 is 0 Å². The van der Waals surface area contributed by atoms with Crippen LogP contribution in [0.15, 0.2) is 22.7 Å². The van der Waals surface area contributed by atoms with Gasteiger partial charge in [-0.2, -0.15) is 0 Å². The number of hydrogen-bond donors (Lipinski definition) is 0. The third kappa shape index (κ3) is 3.59. The average molecular weight is 341 g/mol. The van der Waals surface area contributed by atoms with Crippen LogP contribution in [0.5, 0.6) is 5.75 Å². The second-order valence-corrected chi connectivity index (χ2v) is 6.27. The largest absolute Gasteiger partial charge is 0.496 e. The van der Waals surface area contributed by atoms with Gasteiger partial charge in [0.25, 0.3) is 0 Å². The highest BCUT2D eigenvalue weighted by atomic mass is 79.9. The van der Waals surface area contributed by atoms with E-state index in [1.165, 1.54) is 0 Å². The summed E-state index contributed by atoms with van der Waals surface area (Å²) < 4.78 is 6.31. The standard InChI is InChI=1S/C15H21BrN2O2/c1-17-6-7-18(2)13(10-17)14(19)9-11-8-12(16)4-5-15(11)20-3/h4-5,8,13H,6-7,9-10H2,1-3H3. The molecular weight excluding hydrogens is 320 g/mol. The fraction of sp³-hybridized carbons (Fsp3) is 0.533. The first-order chi connectivity index (χ1) is 9.51. The monoisotopic (exact) mass is 340 g/mol. The van der Waals surface area contributed by atoms with Crippen molar-refractivity contribution in [2.24, 2.45) is 0 Å². The molecule has 1 saturated heterocycles. The fourth-order valence-corrected chi connectivity index (χ4v) is 2.96. The Morgan fingerprint density at radius 2 is 2.15 bits per heavy atom. The van der Waals surface area contributed by atoms with Gasteiger partial charge in [0.1, 0.15) is 5.75 Å². The maximum Gasteiger partial charge on any atom is 0.155 e. The summed E-state index contributed by atoms with van der Waals surface area (Å²) in [6, 6.07) is 5.75. The van der Waals surface area contributed by atoms with Crippen molar-refractivity contribution in [1.29, 1.82) is 0 Å². The number of nitrogens with zero attached hydrogens (tertiary/aromatic N) is 2. The molecule has 0 aromatic heterocycles. The number of carbonyl (C=O) groups is 1. The number of hydrogen-bond acceptors (Lipinski definition) is 4. The number of rotatable bonds is 4. The molecule has 0 saturated carbocycles. The lowest BCUT2D eigenvalue weighted by Gasteiger charge is -2.36. The van der Waals surface area contributed by atoms with Gasteiger partial charge in [0.15, 0.2) is 5.78 Å². The molecule has 0 spiro atoms. The molecule has 1 aromatic rings. The molecule has 20 heavy (non-hydrogen) atoms. The van der Waals surface area contributed by atoms with Crippen LogP contribution >= 0.6 is 15.9 Å². The van der Waals surface area contributed by atoms with Gasteiger partial charge in [-0.3, -0.25) is 9.69 Å². The van der Waals surface area contributed by atoms with Gasteiger partial charge >= 0.3 is 0 Å². The van der Waals surface area contributed by atoms with Crippen molar-refractivity contribution in [3.8, 4) is 5.75 Å². The Kier molecular flexibility index (Phi) is 5.18. The molecule has 0 bridgehead atoms. The summed E-state index contributed by atoms with van der Waals surface area (Å²) in [5.74, 6) is 1.02. The first-order valence-electron chi connectivity index (χ1n) is 6.75. The quantitative estimate of drug-likeness (QED) is 0.836. The van der Waals surface area contributed by atoms with Crippen LogP contribution in [-0.4, -0.2) is 62.5 Å². The third-order valence-electron chi connectivity index (χ3n) is 3.83. The van der Waals surface area contributed by atoms with Gasteiger partial charge in [-0.25, -0.2) is 0 Å². The van der Waals surface area contributed by atoms with Gasteiger partial charge in [-0.15, -0.1) is 0 Å². The van der Waals surface area contributed by atoms with Crippen molar-refractivity contribution in [2.75, 3.05) is 40.8 Å². The van der Waals surface area contributed by atoms with Crippen LogP contribution in [0, 0.1) is 0 Å².